The summed E-state index contributed by atoms with van der Waals surface area (Å²) in [4.78, 5) is 13.1. The van der Waals surface area contributed by atoms with Crippen molar-refractivity contribution in [1.29, 1.82) is 0 Å². The molecule has 2 fully saturated rings. The summed E-state index contributed by atoms with van der Waals surface area (Å²) in [6.45, 7) is 3.44. The third-order valence-corrected chi connectivity index (χ3v) is 8.59. The van der Waals surface area contributed by atoms with Gasteiger partial charge in [0.25, 0.3) is 10.1 Å². The molecule has 0 aromatic heterocycles. The molecule has 1 aromatic carbocycles. The van der Waals surface area contributed by atoms with Gasteiger partial charge in [-0.1, -0.05) is 29.8 Å². The Morgan fingerprint density at radius 1 is 1.16 bits per heavy atom. The van der Waals surface area contributed by atoms with Crippen LogP contribution in [0.1, 0.15) is 18.9 Å². The highest BCUT2D eigenvalue weighted by Gasteiger charge is 2.49. The number of amides is 1. The molecule has 0 aliphatic carbocycles. The highest BCUT2D eigenvalue weighted by atomic mass is 32.2. The molecule has 0 bridgehead atoms. The average molecular weight is 557 g/mol. The molecule has 13 heteroatoms. The molecule has 0 radical (unpaired) electrons. The summed E-state index contributed by atoms with van der Waals surface area (Å²) < 4.78 is 41.9. The van der Waals surface area contributed by atoms with E-state index in [4.69, 9.17) is 13.7 Å². The molecule has 0 saturated carbocycles. The van der Waals surface area contributed by atoms with Crippen LogP contribution in [0.25, 0.3) is 0 Å². The van der Waals surface area contributed by atoms with Crippen molar-refractivity contribution >= 4 is 16.0 Å². The van der Waals surface area contributed by atoms with E-state index in [0.717, 1.165) is 12.0 Å². The minimum absolute atomic E-state index is 0.0972. The second-order valence-corrected chi connectivity index (χ2v) is 11.7. The molecule has 6 N–H and O–H groups in total. The van der Waals surface area contributed by atoms with Crippen LogP contribution in [-0.4, -0.2) is 109 Å². The zero-order valence-corrected chi connectivity index (χ0v) is 22.0. The number of hydrogen-bond donors (Lipinski definition) is 6. The van der Waals surface area contributed by atoms with E-state index >= 15 is 0 Å². The zero-order chi connectivity index (χ0) is 27.6. The highest BCUT2D eigenvalue weighted by molar-refractivity contribution is 7.86. The van der Waals surface area contributed by atoms with E-state index in [1.807, 2.05) is 12.2 Å². The van der Waals surface area contributed by atoms with Crippen molar-refractivity contribution in [2.45, 2.75) is 80.0 Å². The van der Waals surface area contributed by atoms with Crippen molar-refractivity contribution in [3.8, 4) is 0 Å². The second-order valence-electron chi connectivity index (χ2n) is 10.1. The van der Waals surface area contributed by atoms with Crippen molar-refractivity contribution < 1.29 is 47.3 Å². The summed E-state index contributed by atoms with van der Waals surface area (Å²) >= 11 is 0. The Morgan fingerprint density at radius 3 is 2.55 bits per heavy atom. The Hall–Kier alpha value is -1.94. The van der Waals surface area contributed by atoms with Gasteiger partial charge in [0.15, 0.2) is 0 Å². The summed E-state index contributed by atoms with van der Waals surface area (Å²) in [6, 6.07) is 4.04. The first kappa shape index (κ1) is 29.1. The molecule has 3 aliphatic heterocycles. The van der Waals surface area contributed by atoms with Crippen molar-refractivity contribution in [2.24, 2.45) is 5.92 Å². The lowest BCUT2D eigenvalue weighted by atomic mass is 9.89. The molecular weight excluding hydrogens is 520 g/mol. The average Bonchev–Trinajstić information content (AvgIpc) is 3.14. The molecule has 1 amide bonds. The Bertz CT molecular complexity index is 1100. The molecule has 3 aliphatic rings. The highest BCUT2D eigenvalue weighted by Crippen LogP contribution is 2.28. The van der Waals surface area contributed by atoms with Gasteiger partial charge in [-0.2, -0.15) is 8.42 Å². The third kappa shape index (κ3) is 6.27. The first-order chi connectivity index (χ1) is 18.0. The molecule has 2 saturated heterocycles. The second kappa shape index (κ2) is 12.1. The van der Waals surface area contributed by atoms with Crippen LogP contribution in [0.2, 0.25) is 0 Å². The maximum absolute atomic E-state index is 13.2. The number of aliphatic hydroxyl groups excluding tert-OH is 4. The standard InChI is InChI=1S/C25H36N2O10S/c1-13-6-8-16(9-7-13)38(33,34)36-12-17-20(29)21(30)22(31)24(37-17)18(14(2)28)27-25(32)19-23-15(11-26-19)5-3-4-10-35-23/h3-4,6-9,14-15,17-24,26,28-31H,5,10-12H2,1-2H3,(H,27,32)/t14-,15+,17?,18-,19+,20+,21?,22?,23-,24-/m1/s1. The lowest BCUT2D eigenvalue weighted by Gasteiger charge is -2.44. The van der Waals surface area contributed by atoms with Crippen LogP contribution in [0, 0.1) is 12.8 Å². The number of aryl methyl sites for hydroxylation is 1. The monoisotopic (exact) mass is 556 g/mol. The minimum atomic E-state index is -4.21. The topological polar surface area (TPSA) is 184 Å². The maximum Gasteiger partial charge on any atom is 0.297 e. The number of rotatable bonds is 8. The van der Waals surface area contributed by atoms with E-state index in [1.54, 1.807) is 19.1 Å². The summed E-state index contributed by atoms with van der Waals surface area (Å²) in [5.41, 5.74) is 0.853. The molecular formula is C25H36N2O10S. The number of benzene rings is 1. The van der Waals surface area contributed by atoms with E-state index < -0.39 is 77.4 Å². The van der Waals surface area contributed by atoms with Gasteiger partial charge in [0, 0.05) is 12.5 Å². The lowest BCUT2D eigenvalue weighted by molar-refractivity contribution is -0.238. The third-order valence-electron chi connectivity index (χ3n) is 7.29. The Kier molecular flexibility index (Phi) is 9.22. The quantitative estimate of drug-likeness (QED) is 0.159. The minimum Gasteiger partial charge on any atom is -0.391 e. The fraction of sp³-hybridized carbons (Fsp3) is 0.640. The fourth-order valence-corrected chi connectivity index (χ4v) is 5.97. The summed E-state index contributed by atoms with van der Waals surface area (Å²) in [5, 5.41) is 47.9. The van der Waals surface area contributed by atoms with E-state index in [2.05, 4.69) is 10.6 Å². The predicted molar refractivity (Wildman–Crippen MR) is 133 cm³/mol. The van der Waals surface area contributed by atoms with Gasteiger partial charge >= 0.3 is 0 Å². The first-order valence-electron chi connectivity index (χ1n) is 12.6. The van der Waals surface area contributed by atoms with Crippen LogP contribution in [0.3, 0.4) is 0 Å². The van der Waals surface area contributed by atoms with Gasteiger partial charge in [-0.05, 0) is 32.4 Å². The fourth-order valence-electron chi connectivity index (χ4n) is 5.06. The zero-order valence-electron chi connectivity index (χ0n) is 21.2. The van der Waals surface area contributed by atoms with Crippen molar-refractivity contribution in [3.63, 3.8) is 0 Å². The number of ether oxygens (including phenoxy) is 2. The summed E-state index contributed by atoms with van der Waals surface area (Å²) in [6.07, 6.45) is -4.90. The van der Waals surface area contributed by atoms with Crippen LogP contribution in [0.5, 0.6) is 0 Å². The molecule has 1 aromatic rings. The Labute approximate surface area is 221 Å². The number of allylic oxidation sites excluding steroid dienone is 1. The summed E-state index contributed by atoms with van der Waals surface area (Å²) in [7, 11) is -4.21. The number of hydrogen-bond acceptors (Lipinski definition) is 11. The van der Waals surface area contributed by atoms with Crippen LogP contribution in [0.4, 0.5) is 0 Å². The smallest absolute Gasteiger partial charge is 0.297 e. The molecule has 10 atom stereocenters. The van der Waals surface area contributed by atoms with E-state index in [0.29, 0.717) is 13.2 Å². The lowest BCUT2D eigenvalue weighted by Crippen LogP contribution is -2.67. The number of nitrogens with one attached hydrogen (secondary N) is 2. The van der Waals surface area contributed by atoms with Gasteiger partial charge in [-0.15, -0.1) is 0 Å². The Balaban J connectivity index is 1.45. The molecule has 0 spiro atoms. The predicted octanol–water partition coefficient (Wildman–Crippen LogP) is -1.65. The van der Waals surface area contributed by atoms with Crippen molar-refractivity contribution in [3.05, 3.63) is 42.0 Å². The number of carbonyl (C=O) groups excluding carboxylic acids is 1. The van der Waals surface area contributed by atoms with Gasteiger partial charge in [0.05, 0.1) is 36.4 Å². The summed E-state index contributed by atoms with van der Waals surface area (Å²) in [5.74, 6) is -0.392. The maximum atomic E-state index is 13.2. The largest absolute Gasteiger partial charge is 0.391 e. The van der Waals surface area contributed by atoms with Crippen molar-refractivity contribution in [2.75, 3.05) is 19.8 Å². The van der Waals surface area contributed by atoms with Gasteiger partial charge < -0.3 is 40.5 Å². The normalized spacial score (nSPS) is 35.2. The van der Waals surface area contributed by atoms with Gasteiger partial charge in [0.2, 0.25) is 5.91 Å². The Morgan fingerprint density at radius 2 is 1.87 bits per heavy atom. The van der Waals surface area contributed by atoms with Gasteiger partial charge in [-0.25, -0.2) is 0 Å². The SMILES string of the molecule is Cc1ccc(S(=O)(=O)OCC2O[C@H]([C@H](NC(=O)[C@H]3NC[C@@H]4CC=CCO[C@H]43)[C@@H](C)O)C(O)C(O)[C@H]2O)cc1. The molecule has 3 unspecified atom stereocenters. The molecule has 12 nitrogen and oxygen atoms in total. The van der Waals surface area contributed by atoms with Crippen LogP contribution in [-0.2, 0) is 28.6 Å². The van der Waals surface area contributed by atoms with Gasteiger partial charge in [-0.3, -0.25) is 8.98 Å². The van der Waals surface area contributed by atoms with Crippen LogP contribution in [0.15, 0.2) is 41.3 Å². The van der Waals surface area contributed by atoms with Crippen LogP contribution >= 0.6 is 0 Å². The number of aliphatic hydroxyl groups is 4. The van der Waals surface area contributed by atoms with E-state index in [9.17, 15) is 33.6 Å². The molecule has 3 heterocycles. The van der Waals surface area contributed by atoms with Crippen LogP contribution < -0.4 is 10.6 Å². The first-order valence-corrected chi connectivity index (χ1v) is 14.0. The molecule has 212 valence electrons. The van der Waals surface area contributed by atoms with E-state index in [-0.39, 0.29) is 10.8 Å². The number of carbonyl (C=O) groups is 1. The molecule has 38 heavy (non-hydrogen) atoms. The molecule has 4 rings (SSSR count). The van der Waals surface area contributed by atoms with Crippen molar-refractivity contribution in [1.82, 2.24) is 10.6 Å². The van der Waals surface area contributed by atoms with Gasteiger partial charge in [0.1, 0.15) is 36.6 Å². The van der Waals surface area contributed by atoms with E-state index in [1.165, 1.54) is 19.1 Å². The number of fused-ring (bicyclic) bond motifs is 1.